The van der Waals surface area contributed by atoms with Gasteiger partial charge in [0.1, 0.15) is 6.54 Å². The smallest absolute Gasteiger partial charge is 0.322 e. The number of nitrogens with one attached hydrogen (secondary N) is 3. The number of amides is 3. The summed E-state index contributed by atoms with van der Waals surface area (Å²) in [4.78, 5) is 33.1. The van der Waals surface area contributed by atoms with E-state index in [1.54, 1.807) is 0 Å². The van der Waals surface area contributed by atoms with Gasteiger partial charge in [-0.25, -0.2) is 4.79 Å². The Kier molecular flexibility index (Phi) is 4.24. The molecule has 7 nitrogen and oxygen atoms in total. The topological polar surface area (TPSA) is 108 Å². The molecule has 106 valence electrons. The summed E-state index contributed by atoms with van der Waals surface area (Å²) in [6.07, 6.45) is 4.67. The number of carbonyl (C=O) groups is 3. The van der Waals surface area contributed by atoms with Crippen LogP contribution < -0.4 is 16.0 Å². The summed E-state index contributed by atoms with van der Waals surface area (Å²) in [6.45, 7) is -0.643. The standard InChI is InChI=1S/C12H19N3O4/c16-9(13-6-10(17)18)5-14-12(19)15-11(7-1-2-7)8-3-4-8/h7-8,11H,1-6H2,(H,13,16)(H,17,18)(H2,14,15,19). The number of carboxylic acids is 1. The third kappa shape index (κ3) is 4.76. The lowest BCUT2D eigenvalue weighted by molar-refractivity contribution is -0.137. The summed E-state index contributed by atoms with van der Waals surface area (Å²) in [6, 6.07) is -0.114. The Labute approximate surface area is 111 Å². The Morgan fingerprint density at radius 3 is 2.05 bits per heavy atom. The molecular formula is C12H19N3O4. The van der Waals surface area contributed by atoms with E-state index in [4.69, 9.17) is 5.11 Å². The SMILES string of the molecule is O=C(O)CNC(=O)CNC(=O)NC(C1CC1)C1CC1. The van der Waals surface area contributed by atoms with E-state index in [2.05, 4.69) is 16.0 Å². The van der Waals surface area contributed by atoms with Crippen molar-refractivity contribution in [3.05, 3.63) is 0 Å². The van der Waals surface area contributed by atoms with Gasteiger partial charge in [-0.05, 0) is 37.5 Å². The minimum Gasteiger partial charge on any atom is -0.480 e. The highest BCUT2D eigenvalue weighted by Crippen LogP contribution is 2.44. The van der Waals surface area contributed by atoms with Gasteiger partial charge >= 0.3 is 12.0 Å². The van der Waals surface area contributed by atoms with Gasteiger partial charge in [0.15, 0.2) is 0 Å². The molecule has 0 radical (unpaired) electrons. The summed E-state index contributed by atoms with van der Waals surface area (Å²) < 4.78 is 0. The average Bonchev–Trinajstić information content (AvgIpc) is 3.23. The van der Waals surface area contributed by atoms with Crippen molar-refractivity contribution in [1.29, 1.82) is 0 Å². The van der Waals surface area contributed by atoms with Crippen LogP contribution in [-0.2, 0) is 9.59 Å². The normalized spacial score (nSPS) is 17.9. The van der Waals surface area contributed by atoms with E-state index in [0.717, 1.165) is 0 Å². The fraction of sp³-hybridized carbons (Fsp3) is 0.750. The van der Waals surface area contributed by atoms with Crippen molar-refractivity contribution < 1.29 is 19.5 Å². The fourth-order valence-corrected chi connectivity index (χ4v) is 2.13. The predicted octanol–water partition coefficient (Wildman–Crippen LogP) is -0.325. The molecule has 0 bridgehead atoms. The molecule has 0 spiro atoms. The molecular weight excluding hydrogens is 250 g/mol. The van der Waals surface area contributed by atoms with Gasteiger partial charge < -0.3 is 21.1 Å². The van der Waals surface area contributed by atoms with Crippen molar-refractivity contribution in [3.8, 4) is 0 Å². The summed E-state index contributed by atoms with van der Waals surface area (Å²) >= 11 is 0. The van der Waals surface area contributed by atoms with Crippen LogP contribution in [0.3, 0.4) is 0 Å². The Hall–Kier alpha value is -1.79. The third-order valence-electron chi connectivity index (χ3n) is 3.40. The second-order valence-electron chi connectivity index (χ2n) is 5.20. The van der Waals surface area contributed by atoms with Crippen molar-refractivity contribution in [2.45, 2.75) is 31.7 Å². The van der Waals surface area contributed by atoms with E-state index in [-0.39, 0.29) is 18.6 Å². The van der Waals surface area contributed by atoms with Gasteiger partial charge in [0, 0.05) is 6.04 Å². The van der Waals surface area contributed by atoms with Crippen LogP contribution in [0.15, 0.2) is 0 Å². The average molecular weight is 269 g/mol. The van der Waals surface area contributed by atoms with Gasteiger partial charge in [0.05, 0.1) is 6.54 Å². The fourth-order valence-electron chi connectivity index (χ4n) is 2.13. The zero-order valence-corrected chi connectivity index (χ0v) is 10.6. The molecule has 2 rings (SSSR count). The van der Waals surface area contributed by atoms with E-state index in [1.165, 1.54) is 25.7 Å². The molecule has 7 heteroatoms. The molecule has 3 amide bonds. The monoisotopic (exact) mass is 269 g/mol. The van der Waals surface area contributed by atoms with Crippen molar-refractivity contribution in [2.24, 2.45) is 11.8 Å². The highest BCUT2D eigenvalue weighted by Gasteiger charge is 2.42. The Balaban J connectivity index is 1.63. The molecule has 0 aromatic rings. The molecule has 19 heavy (non-hydrogen) atoms. The molecule has 2 aliphatic carbocycles. The van der Waals surface area contributed by atoms with Gasteiger partial charge in [-0.1, -0.05) is 0 Å². The Morgan fingerprint density at radius 2 is 1.58 bits per heavy atom. The maximum atomic E-state index is 11.6. The summed E-state index contributed by atoms with van der Waals surface area (Å²) in [5.41, 5.74) is 0. The maximum Gasteiger partial charge on any atom is 0.322 e. The molecule has 0 aromatic carbocycles. The zero-order chi connectivity index (χ0) is 13.8. The zero-order valence-electron chi connectivity index (χ0n) is 10.6. The summed E-state index contributed by atoms with van der Waals surface area (Å²) in [7, 11) is 0. The lowest BCUT2D eigenvalue weighted by Gasteiger charge is -2.17. The van der Waals surface area contributed by atoms with Crippen LogP contribution in [0.4, 0.5) is 4.79 Å². The number of hydrogen-bond acceptors (Lipinski definition) is 3. The van der Waals surface area contributed by atoms with Gasteiger partial charge in [-0.2, -0.15) is 0 Å². The first kappa shape index (κ1) is 13.6. The first-order valence-electron chi connectivity index (χ1n) is 6.59. The number of hydrogen-bond donors (Lipinski definition) is 4. The highest BCUT2D eigenvalue weighted by atomic mass is 16.4. The summed E-state index contributed by atoms with van der Waals surface area (Å²) in [5.74, 6) is -0.426. The van der Waals surface area contributed by atoms with Crippen LogP contribution >= 0.6 is 0 Å². The number of urea groups is 1. The minimum absolute atomic E-state index is 0.207. The van der Waals surface area contributed by atoms with Crippen LogP contribution in [0.1, 0.15) is 25.7 Å². The van der Waals surface area contributed by atoms with E-state index in [1.807, 2.05) is 0 Å². The van der Waals surface area contributed by atoms with Gasteiger partial charge in [-0.15, -0.1) is 0 Å². The second kappa shape index (κ2) is 5.90. The number of carboxylic acid groups (broad SMARTS) is 1. The molecule has 2 aliphatic rings. The molecule has 0 unspecified atom stereocenters. The van der Waals surface area contributed by atoms with Gasteiger partial charge in [0.2, 0.25) is 5.91 Å². The van der Waals surface area contributed by atoms with E-state index >= 15 is 0 Å². The van der Waals surface area contributed by atoms with Crippen LogP contribution in [0.5, 0.6) is 0 Å². The molecule has 2 fully saturated rings. The quantitative estimate of drug-likeness (QED) is 0.508. The molecule has 0 saturated heterocycles. The van der Waals surface area contributed by atoms with Gasteiger partial charge in [-0.3, -0.25) is 9.59 Å². The molecule has 2 saturated carbocycles. The van der Waals surface area contributed by atoms with Crippen LogP contribution in [0.2, 0.25) is 0 Å². The second-order valence-corrected chi connectivity index (χ2v) is 5.20. The maximum absolute atomic E-state index is 11.6. The van der Waals surface area contributed by atoms with Gasteiger partial charge in [0.25, 0.3) is 0 Å². The van der Waals surface area contributed by atoms with E-state index in [0.29, 0.717) is 11.8 Å². The number of rotatable bonds is 7. The molecule has 4 N–H and O–H groups in total. The van der Waals surface area contributed by atoms with Crippen LogP contribution in [-0.4, -0.2) is 42.1 Å². The van der Waals surface area contributed by atoms with Crippen molar-refractivity contribution in [3.63, 3.8) is 0 Å². The largest absolute Gasteiger partial charge is 0.480 e. The molecule has 0 heterocycles. The third-order valence-corrected chi connectivity index (χ3v) is 3.40. The van der Waals surface area contributed by atoms with Crippen molar-refractivity contribution >= 4 is 17.9 Å². The first-order valence-corrected chi connectivity index (χ1v) is 6.59. The van der Waals surface area contributed by atoms with Crippen molar-refractivity contribution in [1.82, 2.24) is 16.0 Å². The first-order chi connectivity index (χ1) is 9.06. The molecule has 0 atom stereocenters. The Morgan fingerprint density at radius 1 is 1.00 bits per heavy atom. The molecule has 0 aliphatic heterocycles. The summed E-state index contributed by atoms with van der Waals surface area (Å²) in [5, 5.41) is 15.9. The predicted molar refractivity (Wildman–Crippen MR) is 66.4 cm³/mol. The lowest BCUT2D eigenvalue weighted by Crippen LogP contribution is -2.47. The van der Waals surface area contributed by atoms with E-state index < -0.39 is 18.4 Å². The van der Waals surface area contributed by atoms with Crippen LogP contribution in [0.25, 0.3) is 0 Å². The number of aliphatic carboxylic acids is 1. The van der Waals surface area contributed by atoms with Crippen LogP contribution in [0, 0.1) is 11.8 Å². The van der Waals surface area contributed by atoms with E-state index in [9.17, 15) is 14.4 Å². The number of carbonyl (C=O) groups excluding carboxylic acids is 2. The lowest BCUT2D eigenvalue weighted by atomic mass is 10.1. The highest BCUT2D eigenvalue weighted by molar-refractivity contribution is 5.86. The molecule has 0 aromatic heterocycles. The Bertz CT molecular complexity index is 365. The van der Waals surface area contributed by atoms with Crippen molar-refractivity contribution in [2.75, 3.05) is 13.1 Å². The minimum atomic E-state index is -1.11.